The van der Waals surface area contributed by atoms with Gasteiger partial charge in [0.2, 0.25) is 15.0 Å². The first-order chi connectivity index (χ1) is 16.7. The number of rotatable bonds is 21. The largest absolute Gasteiger partial charge is 0.508 e. The van der Waals surface area contributed by atoms with Crippen LogP contribution in [-0.2, 0) is 16.5 Å². The lowest BCUT2D eigenvalue weighted by atomic mass is 10.5. The number of hydrogen-bond acceptors (Lipinski definition) is 16. The topological polar surface area (TPSA) is 234 Å². The molecule has 0 bridgehead atoms. The van der Waals surface area contributed by atoms with Crippen LogP contribution in [-0.4, -0.2) is 93.9 Å². The molecule has 0 aliphatic carbocycles. The highest BCUT2D eigenvalue weighted by molar-refractivity contribution is 8.05. The predicted molar refractivity (Wildman–Crippen MR) is 152 cm³/mol. The zero-order valence-electron chi connectivity index (χ0n) is 18.7. The Morgan fingerprint density at radius 1 is 0.629 bits per heavy atom. The first-order valence-corrected chi connectivity index (χ1v) is 12.6. The van der Waals surface area contributed by atoms with Gasteiger partial charge in [0.1, 0.15) is 0 Å². The smallest absolute Gasteiger partial charge is 0.390 e. The fourth-order valence-corrected chi connectivity index (χ4v) is 6.16. The minimum atomic E-state index is -4.60. The molecule has 0 saturated heterocycles. The summed E-state index contributed by atoms with van der Waals surface area (Å²) < 4.78 is 29.8. The molecule has 0 aromatic heterocycles. The summed E-state index contributed by atoms with van der Waals surface area (Å²) in [6.45, 7) is 19.9. The Morgan fingerprint density at radius 2 is 0.886 bits per heavy atom. The molecule has 0 heterocycles. The summed E-state index contributed by atoms with van der Waals surface area (Å²) in [5.41, 5.74) is 16.2. The van der Waals surface area contributed by atoms with Crippen molar-refractivity contribution in [1.29, 1.82) is 0 Å². The lowest BCUT2D eigenvalue weighted by Gasteiger charge is -2.27. The summed E-state index contributed by atoms with van der Waals surface area (Å²) in [5, 5.41) is 0. The van der Waals surface area contributed by atoms with Crippen molar-refractivity contribution in [1.82, 2.24) is 0 Å². The molecule has 3 unspecified atom stereocenters. The lowest BCUT2D eigenvalue weighted by Crippen LogP contribution is -2.26. The molecule has 0 fully saturated rings. The second-order valence-corrected chi connectivity index (χ2v) is 10.7. The van der Waals surface area contributed by atoms with Gasteiger partial charge in [-0.1, -0.05) is 0 Å². The fraction of sp³-hybridized carbons (Fsp3) is 0.400. The molecule has 0 aliphatic heterocycles. The number of nitrogens with zero attached hydrogens (tertiary/aromatic N) is 9. The highest BCUT2D eigenvalue weighted by Gasteiger charge is 2.43. The highest BCUT2D eigenvalue weighted by atomic mass is 32.2. The molecule has 194 valence electrons. The van der Waals surface area contributed by atoms with Crippen molar-refractivity contribution in [2.24, 2.45) is 62.1 Å². The second-order valence-electron chi connectivity index (χ2n) is 5.60. The van der Waals surface area contributed by atoms with Crippen LogP contribution in [0.4, 0.5) is 0 Å². The van der Waals surface area contributed by atoms with Gasteiger partial charge in [-0.25, -0.2) is 31.5 Å². The SMILES string of the molecule is C=NCC(N=C)(/N=C/N)SOP(=O)(OSC(CN=C)(N=C)/N=C/N)OSC(CN=C)(N=C)/N=C/N. The molecule has 6 N–H and O–H groups in total. The maximum atomic E-state index is 13.6. The van der Waals surface area contributed by atoms with E-state index in [1.165, 1.54) is 0 Å². The number of phosphoric acid groups is 1. The van der Waals surface area contributed by atoms with Crippen molar-refractivity contribution in [3.63, 3.8) is 0 Å². The third kappa shape index (κ3) is 10.4. The molecule has 35 heavy (non-hydrogen) atoms. The lowest BCUT2D eigenvalue weighted by molar-refractivity contribution is 0.340. The Bertz CT molecular complexity index is 784. The van der Waals surface area contributed by atoms with E-state index in [-0.39, 0.29) is 19.6 Å². The fourth-order valence-electron chi connectivity index (χ4n) is 1.76. The highest BCUT2D eigenvalue weighted by Crippen LogP contribution is 2.62. The monoisotopic (exact) mass is 566 g/mol. The molecule has 0 aromatic rings. The third-order valence-electron chi connectivity index (χ3n) is 3.31. The summed E-state index contributed by atoms with van der Waals surface area (Å²) in [7, 11) is -4.60. The van der Waals surface area contributed by atoms with E-state index in [1.54, 1.807) is 0 Å². The number of nitrogens with two attached hydrogens (primary N) is 3. The van der Waals surface area contributed by atoms with Gasteiger partial charge < -0.3 is 17.2 Å². The van der Waals surface area contributed by atoms with Gasteiger partial charge in [0.15, 0.2) is 0 Å². The van der Waals surface area contributed by atoms with Crippen LogP contribution in [0.1, 0.15) is 0 Å². The van der Waals surface area contributed by atoms with Gasteiger partial charge in [-0.2, -0.15) is 0 Å². The quantitative estimate of drug-likeness (QED) is 0.0777. The second kappa shape index (κ2) is 16.3. The zero-order valence-corrected chi connectivity index (χ0v) is 22.0. The summed E-state index contributed by atoms with van der Waals surface area (Å²) >= 11 is 1.27. The van der Waals surface area contributed by atoms with Crippen molar-refractivity contribution >= 4 is 103 Å². The Labute approximate surface area is 216 Å². The van der Waals surface area contributed by atoms with Gasteiger partial charge in [-0.3, -0.25) is 30.0 Å². The molecule has 0 aromatic carbocycles. The van der Waals surface area contributed by atoms with Crippen LogP contribution >= 0.6 is 44.0 Å². The van der Waals surface area contributed by atoms with Crippen molar-refractivity contribution < 1.29 is 16.5 Å². The number of aliphatic imine (C=N–C) groups is 9. The van der Waals surface area contributed by atoms with Gasteiger partial charge in [0.25, 0.3) is 0 Å². The van der Waals surface area contributed by atoms with E-state index in [1.807, 2.05) is 0 Å². The van der Waals surface area contributed by atoms with Crippen LogP contribution in [0, 0.1) is 0 Å². The molecule has 20 heteroatoms. The van der Waals surface area contributed by atoms with Crippen molar-refractivity contribution in [2.75, 3.05) is 19.6 Å². The predicted octanol–water partition coefficient (Wildman–Crippen LogP) is 1.21. The standard InChI is InChI=1S/C15H27N12O4PS3/c1-19-7-13(22-4,25-10-16)33-29-32(28,30-34-14(23-5,8-20-2)26-11-17)31-35-15(24-6,9-21-3)27-12-18/h10-12H,1-9H2,(H2,16,25)(H2,17,26)(H2,18,27). The number of hydrogen-bond donors (Lipinski definition) is 3. The van der Waals surface area contributed by atoms with Gasteiger partial charge >= 0.3 is 7.82 Å². The molecular weight excluding hydrogens is 539 g/mol. The van der Waals surface area contributed by atoms with E-state index in [0.29, 0.717) is 36.1 Å². The van der Waals surface area contributed by atoms with E-state index in [0.717, 1.165) is 19.0 Å². The average molecular weight is 567 g/mol. The normalized spacial score (nSPS) is 18.7. The Morgan fingerprint density at radius 3 is 1.06 bits per heavy atom. The molecule has 0 aliphatic rings. The Hall–Kier alpha value is -2.41. The Kier molecular flexibility index (Phi) is 15.2. The van der Waals surface area contributed by atoms with Crippen LogP contribution < -0.4 is 17.2 Å². The van der Waals surface area contributed by atoms with E-state index in [9.17, 15) is 4.57 Å². The molecule has 0 radical (unpaired) electrons. The minimum absolute atomic E-state index is 0.152. The summed E-state index contributed by atoms with van der Waals surface area (Å²) in [4.78, 5) is 29.7. The molecule has 0 amide bonds. The molecule has 0 spiro atoms. The van der Waals surface area contributed by atoms with Gasteiger partial charge in [-0.15, -0.1) is 0 Å². The molecule has 0 saturated carbocycles. The third-order valence-corrected chi connectivity index (χ3v) is 8.29. The summed E-state index contributed by atoms with van der Waals surface area (Å²) in [6, 6.07) is 0. The first kappa shape index (κ1) is 32.6. The molecular formula is C15H27N12O4PS3. The maximum absolute atomic E-state index is 13.6. The van der Waals surface area contributed by atoms with Crippen LogP contribution in [0.2, 0.25) is 0 Å². The van der Waals surface area contributed by atoms with E-state index >= 15 is 0 Å². The van der Waals surface area contributed by atoms with Crippen molar-refractivity contribution in [3.05, 3.63) is 0 Å². The van der Waals surface area contributed by atoms with Gasteiger partial charge in [0, 0.05) is 0 Å². The van der Waals surface area contributed by atoms with E-state index < -0.39 is 22.8 Å². The van der Waals surface area contributed by atoms with Crippen LogP contribution in [0.25, 0.3) is 0 Å². The molecule has 16 nitrogen and oxygen atoms in total. The van der Waals surface area contributed by atoms with Crippen molar-refractivity contribution in [3.8, 4) is 0 Å². The van der Waals surface area contributed by atoms with Crippen LogP contribution in [0.3, 0.4) is 0 Å². The van der Waals surface area contributed by atoms with Gasteiger partial charge in [0.05, 0.1) is 74.8 Å². The first-order valence-electron chi connectivity index (χ1n) is 8.87. The summed E-state index contributed by atoms with van der Waals surface area (Å²) in [6.07, 6.45) is 2.80. The van der Waals surface area contributed by atoms with Crippen molar-refractivity contribution in [2.45, 2.75) is 15.0 Å². The molecule has 3 atom stereocenters. The Balaban J connectivity index is 6.20. The maximum Gasteiger partial charge on any atom is 0.508 e. The zero-order chi connectivity index (χ0) is 26.8. The molecule has 0 rings (SSSR count). The summed E-state index contributed by atoms with van der Waals surface area (Å²) in [5.74, 6) is 0. The van der Waals surface area contributed by atoms with E-state index in [2.05, 4.69) is 85.2 Å². The average Bonchev–Trinajstić information content (AvgIpc) is 2.85. The van der Waals surface area contributed by atoms with Crippen LogP contribution in [0.15, 0.2) is 44.9 Å². The van der Waals surface area contributed by atoms with Gasteiger partial charge in [-0.05, 0) is 40.3 Å². The van der Waals surface area contributed by atoms with E-state index in [4.69, 9.17) is 29.1 Å². The van der Waals surface area contributed by atoms with Crippen LogP contribution in [0.5, 0.6) is 0 Å². The minimum Gasteiger partial charge on any atom is -0.390 e.